The van der Waals surface area contributed by atoms with Gasteiger partial charge in [0.25, 0.3) is 0 Å². The average molecular weight is 183 g/mol. The quantitative estimate of drug-likeness (QED) is 0.716. The molecule has 76 valence electrons. The van der Waals surface area contributed by atoms with Crippen molar-refractivity contribution < 1.29 is 5.11 Å². The van der Waals surface area contributed by atoms with E-state index in [2.05, 4.69) is 18.7 Å². The lowest BCUT2D eigenvalue weighted by Gasteiger charge is -2.58. The Balaban J connectivity index is 1.83. The van der Waals surface area contributed by atoms with E-state index in [1.807, 2.05) is 0 Å². The maximum Gasteiger partial charge on any atom is 0.0589 e. The van der Waals surface area contributed by atoms with Gasteiger partial charge in [-0.25, -0.2) is 0 Å². The van der Waals surface area contributed by atoms with Crippen molar-refractivity contribution in [3.8, 4) is 0 Å². The summed E-state index contributed by atoms with van der Waals surface area (Å²) in [5, 5.41) is 9.25. The molecule has 13 heavy (non-hydrogen) atoms. The highest BCUT2D eigenvalue weighted by Gasteiger charge is 2.49. The van der Waals surface area contributed by atoms with Gasteiger partial charge in [0.2, 0.25) is 0 Å². The first-order chi connectivity index (χ1) is 6.17. The monoisotopic (exact) mass is 183 g/mol. The van der Waals surface area contributed by atoms with Crippen LogP contribution in [0.25, 0.3) is 0 Å². The third-order valence-electron chi connectivity index (χ3n) is 3.92. The van der Waals surface area contributed by atoms with Gasteiger partial charge in [-0.15, -0.1) is 0 Å². The van der Waals surface area contributed by atoms with Crippen LogP contribution in [0.3, 0.4) is 0 Å². The SMILES string of the molecule is CC(C)C(CO)N1CC2(CCC2)C1. The van der Waals surface area contributed by atoms with Gasteiger partial charge in [-0.3, -0.25) is 4.90 Å². The molecule has 1 aliphatic heterocycles. The molecule has 1 aliphatic carbocycles. The maximum atomic E-state index is 9.25. The standard InChI is InChI=1S/C11H21NO/c1-9(2)10(6-13)12-7-11(8-12)4-3-5-11/h9-10,13H,3-8H2,1-2H3. The highest BCUT2D eigenvalue weighted by Crippen LogP contribution is 2.49. The Morgan fingerprint density at radius 2 is 1.92 bits per heavy atom. The summed E-state index contributed by atoms with van der Waals surface area (Å²) in [5.74, 6) is 0.586. The van der Waals surface area contributed by atoms with Crippen molar-refractivity contribution in [2.45, 2.75) is 39.2 Å². The minimum absolute atomic E-state index is 0.327. The van der Waals surface area contributed by atoms with Gasteiger partial charge in [0.05, 0.1) is 6.61 Å². The minimum Gasteiger partial charge on any atom is -0.395 e. The molecule has 0 amide bonds. The van der Waals surface area contributed by atoms with Gasteiger partial charge < -0.3 is 5.11 Å². The second-order valence-corrected chi connectivity index (χ2v) is 5.25. The summed E-state index contributed by atoms with van der Waals surface area (Å²) in [6.45, 7) is 7.22. The molecule has 2 nitrogen and oxygen atoms in total. The van der Waals surface area contributed by atoms with Crippen LogP contribution in [0.5, 0.6) is 0 Å². The van der Waals surface area contributed by atoms with E-state index in [1.165, 1.54) is 32.4 Å². The summed E-state index contributed by atoms with van der Waals surface area (Å²) in [5.41, 5.74) is 0.697. The lowest BCUT2D eigenvalue weighted by Crippen LogP contribution is -2.64. The first-order valence-corrected chi connectivity index (χ1v) is 5.52. The third-order valence-corrected chi connectivity index (χ3v) is 3.92. The molecule has 1 unspecified atom stereocenters. The van der Waals surface area contributed by atoms with Crippen molar-refractivity contribution >= 4 is 0 Å². The van der Waals surface area contributed by atoms with E-state index in [-0.39, 0.29) is 0 Å². The Morgan fingerprint density at radius 3 is 2.23 bits per heavy atom. The lowest BCUT2D eigenvalue weighted by molar-refractivity contribution is -0.102. The summed E-state index contributed by atoms with van der Waals surface area (Å²) in [4.78, 5) is 2.46. The minimum atomic E-state index is 0.327. The molecule has 2 rings (SSSR count). The molecule has 1 heterocycles. The van der Waals surface area contributed by atoms with E-state index in [4.69, 9.17) is 0 Å². The van der Waals surface area contributed by atoms with Crippen LogP contribution < -0.4 is 0 Å². The number of likely N-dealkylation sites (tertiary alicyclic amines) is 1. The predicted molar refractivity (Wildman–Crippen MR) is 53.6 cm³/mol. The van der Waals surface area contributed by atoms with Crippen LogP contribution in [0.2, 0.25) is 0 Å². The molecule has 2 heteroatoms. The number of rotatable bonds is 3. The Hall–Kier alpha value is -0.0800. The Bertz CT molecular complexity index is 179. The van der Waals surface area contributed by atoms with E-state index in [0.717, 1.165) is 0 Å². The molecule has 2 fully saturated rings. The molecule has 1 N–H and O–H groups in total. The molecular weight excluding hydrogens is 162 g/mol. The summed E-state index contributed by atoms with van der Waals surface area (Å²) in [6.07, 6.45) is 4.29. The van der Waals surface area contributed by atoms with Crippen LogP contribution in [-0.2, 0) is 0 Å². The molecule has 2 aliphatic rings. The average Bonchev–Trinajstić information content (AvgIpc) is 1.90. The lowest BCUT2D eigenvalue weighted by atomic mass is 9.63. The third kappa shape index (κ3) is 1.50. The van der Waals surface area contributed by atoms with Crippen molar-refractivity contribution in [1.82, 2.24) is 4.90 Å². The zero-order valence-corrected chi connectivity index (χ0v) is 8.79. The molecule has 0 radical (unpaired) electrons. The first kappa shape index (κ1) is 9.47. The van der Waals surface area contributed by atoms with E-state index < -0.39 is 0 Å². The molecule has 0 aromatic rings. The fourth-order valence-corrected chi connectivity index (χ4v) is 2.79. The zero-order chi connectivity index (χ0) is 9.47. The van der Waals surface area contributed by atoms with Crippen molar-refractivity contribution in [1.29, 1.82) is 0 Å². The van der Waals surface area contributed by atoms with Crippen molar-refractivity contribution in [2.24, 2.45) is 11.3 Å². The normalized spacial score (nSPS) is 28.6. The van der Waals surface area contributed by atoms with Crippen molar-refractivity contribution in [3.63, 3.8) is 0 Å². The second kappa shape index (κ2) is 3.25. The molecule has 0 aromatic carbocycles. The van der Waals surface area contributed by atoms with E-state index in [1.54, 1.807) is 0 Å². The summed E-state index contributed by atoms with van der Waals surface area (Å²) in [7, 11) is 0. The largest absolute Gasteiger partial charge is 0.395 e. The van der Waals surface area contributed by atoms with Crippen LogP contribution in [-0.4, -0.2) is 35.7 Å². The fraction of sp³-hybridized carbons (Fsp3) is 1.00. The van der Waals surface area contributed by atoms with Gasteiger partial charge in [-0.05, 0) is 24.2 Å². The number of nitrogens with zero attached hydrogens (tertiary/aromatic N) is 1. The van der Waals surface area contributed by atoms with Crippen molar-refractivity contribution in [2.75, 3.05) is 19.7 Å². The van der Waals surface area contributed by atoms with Crippen molar-refractivity contribution in [3.05, 3.63) is 0 Å². The van der Waals surface area contributed by atoms with Gasteiger partial charge in [0, 0.05) is 19.1 Å². The summed E-state index contributed by atoms with van der Waals surface area (Å²) < 4.78 is 0. The predicted octanol–water partition coefficient (Wildman–Crippen LogP) is 1.49. The molecule has 1 saturated carbocycles. The van der Waals surface area contributed by atoms with Gasteiger partial charge in [0.1, 0.15) is 0 Å². The van der Waals surface area contributed by atoms with Gasteiger partial charge >= 0.3 is 0 Å². The van der Waals surface area contributed by atoms with Gasteiger partial charge in [-0.1, -0.05) is 20.3 Å². The molecule has 1 atom stereocenters. The number of hydrogen-bond acceptors (Lipinski definition) is 2. The van der Waals surface area contributed by atoms with Gasteiger partial charge in [0.15, 0.2) is 0 Å². The number of aliphatic hydroxyl groups is 1. The zero-order valence-electron chi connectivity index (χ0n) is 8.79. The molecule has 0 aromatic heterocycles. The number of aliphatic hydroxyl groups excluding tert-OH is 1. The van der Waals surface area contributed by atoms with E-state index in [9.17, 15) is 5.11 Å². The Labute approximate surface area is 80.9 Å². The Morgan fingerprint density at radius 1 is 1.31 bits per heavy atom. The van der Waals surface area contributed by atoms with Crippen LogP contribution >= 0.6 is 0 Å². The second-order valence-electron chi connectivity index (χ2n) is 5.25. The van der Waals surface area contributed by atoms with Crippen LogP contribution in [0.1, 0.15) is 33.1 Å². The van der Waals surface area contributed by atoms with E-state index in [0.29, 0.717) is 24.0 Å². The molecule has 0 bridgehead atoms. The molecule has 1 spiro atoms. The smallest absolute Gasteiger partial charge is 0.0589 e. The van der Waals surface area contributed by atoms with Crippen LogP contribution in [0.15, 0.2) is 0 Å². The Kier molecular flexibility index (Phi) is 2.37. The first-order valence-electron chi connectivity index (χ1n) is 5.52. The van der Waals surface area contributed by atoms with E-state index >= 15 is 0 Å². The number of hydrogen-bond donors (Lipinski definition) is 1. The summed E-state index contributed by atoms with van der Waals surface area (Å²) >= 11 is 0. The highest BCUT2D eigenvalue weighted by molar-refractivity contribution is 5.02. The molecule has 1 saturated heterocycles. The van der Waals surface area contributed by atoms with Gasteiger partial charge in [-0.2, -0.15) is 0 Å². The maximum absolute atomic E-state index is 9.25. The molecular formula is C11H21NO. The van der Waals surface area contributed by atoms with Crippen LogP contribution in [0.4, 0.5) is 0 Å². The van der Waals surface area contributed by atoms with Crippen LogP contribution in [0, 0.1) is 11.3 Å². The highest BCUT2D eigenvalue weighted by atomic mass is 16.3. The summed E-state index contributed by atoms with van der Waals surface area (Å²) in [6, 6.07) is 0.409. The topological polar surface area (TPSA) is 23.5 Å². The fourth-order valence-electron chi connectivity index (χ4n) is 2.79.